The molecule has 2 amide bonds. The lowest BCUT2D eigenvalue weighted by molar-refractivity contribution is -0.149. The zero-order valence-corrected chi connectivity index (χ0v) is 24.2. The number of carbonyl (C=O) groups is 5. The molecule has 3 N–H and O–H groups in total. The molecule has 10 heteroatoms. The van der Waals surface area contributed by atoms with Gasteiger partial charge in [0.05, 0.1) is 13.2 Å². The number of amides is 2. The highest BCUT2D eigenvalue weighted by molar-refractivity contribution is 5.87. The summed E-state index contributed by atoms with van der Waals surface area (Å²) >= 11 is 0. The van der Waals surface area contributed by atoms with Crippen LogP contribution in [0.1, 0.15) is 129 Å². The number of aliphatic carboxylic acids is 1. The van der Waals surface area contributed by atoms with E-state index in [1.54, 1.807) is 0 Å². The van der Waals surface area contributed by atoms with E-state index in [4.69, 9.17) is 14.6 Å². The Morgan fingerprint density at radius 1 is 0.641 bits per heavy atom. The molecule has 0 bridgehead atoms. The average Bonchev–Trinajstić information content (AvgIpc) is 2.90. The van der Waals surface area contributed by atoms with Crippen molar-refractivity contribution < 1.29 is 38.6 Å². The van der Waals surface area contributed by atoms with Crippen molar-refractivity contribution in [3.05, 3.63) is 0 Å². The predicted molar refractivity (Wildman–Crippen MR) is 149 cm³/mol. The van der Waals surface area contributed by atoms with Gasteiger partial charge >= 0.3 is 17.9 Å². The van der Waals surface area contributed by atoms with Gasteiger partial charge in [-0.2, -0.15) is 0 Å². The molecule has 1 atom stereocenters. The maximum Gasteiger partial charge on any atom is 0.328 e. The van der Waals surface area contributed by atoms with Crippen LogP contribution < -0.4 is 10.6 Å². The zero-order chi connectivity index (χ0) is 29.1. The smallest absolute Gasteiger partial charge is 0.328 e. The highest BCUT2D eigenvalue weighted by Crippen LogP contribution is 2.10. The Bertz CT molecular complexity index is 699. The number of carbonyl (C=O) groups excluding carboxylic acids is 4. The molecule has 226 valence electrons. The second-order valence-electron chi connectivity index (χ2n) is 9.93. The Morgan fingerprint density at radius 2 is 1.18 bits per heavy atom. The second-order valence-corrected chi connectivity index (χ2v) is 9.93. The molecule has 0 aromatic heterocycles. The van der Waals surface area contributed by atoms with E-state index < -0.39 is 29.9 Å². The Kier molecular flexibility index (Phi) is 23.9. The van der Waals surface area contributed by atoms with Crippen LogP contribution in [0.5, 0.6) is 0 Å². The van der Waals surface area contributed by atoms with Gasteiger partial charge in [-0.05, 0) is 32.1 Å². The van der Waals surface area contributed by atoms with Crippen LogP contribution in [-0.4, -0.2) is 60.6 Å². The van der Waals surface area contributed by atoms with E-state index in [9.17, 15) is 24.0 Å². The van der Waals surface area contributed by atoms with Crippen LogP contribution in [0.2, 0.25) is 0 Å². The molecule has 0 unspecified atom stereocenters. The molecular weight excluding hydrogens is 504 g/mol. The van der Waals surface area contributed by atoms with Crippen LogP contribution in [0.3, 0.4) is 0 Å². The van der Waals surface area contributed by atoms with Gasteiger partial charge in [-0.3, -0.25) is 19.2 Å². The molecule has 0 rings (SSSR count). The number of carboxylic acid groups (broad SMARTS) is 1. The standard InChI is InChI=1S/C29H52N2O8/c1-3-5-22-38-28(36)20-17-24(29(37)39-23-6-4-2)31-26(33)19-18-25(32)30-21-15-13-11-9-7-8-10-12-14-16-27(34)35/h24H,3-23H2,1-2H3,(H,30,32)(H,31,33)(H,34,35)/t24-/m0/s1. The molecule has 0 aliphatic carbocycles. The number of hydrogen-bond acceptors (Lipinski definition) is 7. The van der Waals surface area contributed by atoms with Crippen LogP contribution >= 0.6 is 0 Å². The second kappa shape index (κ2) is 25.6. The van der Waals surface area contributed by atoms with Crippen LogP contribution in [0.15, 0.2) is 0 Å². The highest BCUT2D eigenvalue weighted by Gasteiger charge is 2.24. The van der Waals surface area contributed by atoms with E-state index in [0.29, 0.717) is 19.6 Å². The topological polar surface area (TPSA) is 148 Å². The first-order valence-corrected chi connectivity index (χ1v) is 14.9. The number of ether oxygens (including phenoxy) is 2. The maximum atomic E-state index is 12.4. The lowest BCUT2D eigenvalue weighted by atomic mass is 10.1. The van der Waals surface area contributed by atoms with E-state index >= 15 is 0 Å². The Hall–Kier alpha value is -2.65. The van der Waals surface area contributed by atoms with E-state index in [2.05, 4.69) is 10.6 Å². The van der Waals surface area contributed by atoms with E-state index in [1.165, 1.54) is 0 Å². The molecule has 0 saturated carbocycles. The first-order chi connectivity index (χ1) is 18.8. The minimum atomic E-state index is -0.958. The van der Waals surface area contributed by atoms with Crippen molar-refractivity contribution in [3.63, 3.8) is 0 Å². The Balaban J connectivity index is 4.11. The van der Waals surface area contributed by atoms with Crippen LogP contribution in [0.25, 0.3) is 0 Å². The number of carboxylic acids is 1. The van der Waals surface area contributed by atoms with Gasteiger partial charge < -0.3 is 25.2 Å². The fraction of sp³-hybridized carbons (Fsp3) is 0.828. The first kappa shape index (κ1) is 36.4. The van der Waals surface area contributed by atoms with E-state index in [0.717, 1.165) is 77.0 Å². The van der Waals surface area contributed by atoms with Crippen LogP contribution in [0, 0.1) is 0 Å². The molecular formula is C29H52N2O8. The normalized spacial score (nSPS) is 11.4. The molecule has 39 heavy (non-hydrogen) atoms. The summed E-state index contributed by atoms with van der Waals surface area (Å²) in [4.78, 5) is 59.3. The zero-order valence-electron chi connectivity index (χ0n) is 24.2. The van der Waals surface area contributed by atoms with Crippen molar-refractivity contribution in [2.75, 3.05) is 19.8 Å². The number of hydrogen-bond donors (Lipinski definition) is 3. The van der Waals surface area contributed by atoms with Crippen molar-refractivity contribution >= 4 is 29.7 Å². The summed E-state index contributed by atoms with van der Waals surface area (Å²) in [5.74, 6) is -2.39. The SMILES string of the molecule is CCCCOC(=O)CC[C@H](NC(=O)CCC(=O)NCCCCCCCCCCCC(=O)O)C(=O)OCCCC. The van der Waals surface area contributed by atoms with E-state index in [1.807, 2.05) is 13.8 Å². The molecule has 0 spiro atoms. The monoisotopic (exact) mass is 556 g/mol. The van der Waals surface area contributed by atoms with E-state index in [-0.39, 0.29) is 44.6 Å². The minimum absolute atomic E-state index is 0.00911. The molecule has 10 nitrogen and oxygen atoms in total. The summed E-state index contributed by atoms with van der Waals surface area (Å²) in [6.07, 6.45) is 12.7. The van der Waals surface area contributed by atoms with Gasteiger partial charge in [-0.25, -0.2) is 4.79 Å². The predicted octanol–water partition coefficient (Wildman–Crippen LogP) is 4.82. The van der Waals surface area contributed by atoms with Crippen LogP contribution in [0.4, 0.5) is 0 Å². The summed E-state index contributed by atoms with van der Waals surface area (Å²) in [5.41, 5.74) is 0. The molecule has 0 heterocycles. The van der Waals surface area contributed by atoms with Crippen molar-refractivity contribution in [1.29, 1.82) is 0 Å². The Labute approximate surface area is 234 Å². The largest absolute Gasteiger partial charge is 0.481 e. The molecule has 0 radical (unpaired) electrons. The maximum absolute atomic E-state index is 12.4. The number of nitrogens with one attached hydrogen (secondary N) is 2. The van der Waals surface area contributed by atoms with Gasteiger partial charge in [-0.15, -0.1) is 0 Å². The molecule has 0 aliphatic rings. The van der Waals surface area contributed by atoms with Gasteiger partial charge in [0.2, 0.25) is 11.8 Å². The van der Waals surface area contributed by atoms with Gasteiger partial charge in [0, 0.05) is 32.2 Å². The highest BCUT2D eigenvalue weighted by atomic mass is 16.5. The van der Waals surface area contributed by atoms with Crippen LogP contribution in [-0.2, 0) is 33.4 Å². The fourth-order valence-corrected chi connectivity index (χ4v) is 3.78. The molecule has 0 aromatic carbocycles. The van der Waals surface area contributed by atoms with Crippen molar-refractivity contribution in [1.82, 2.24) is 10.6 Å². The molecule has 0 saturated heterocycles. The lowest BCUT2D eigenvalue weighted by Gasteiger charge is -2.17. The van der Waals surface area contributed by atoms with Gasteiger partial charge in [0.25, 0.3) is 0 Å². The average molecular weight is 557 g/mol. The lowest BCUT2D eigenvalue weighted by Crippen LogP contribution is -2.42. The van der Waals surface area contributed by atoms with Crippen molar-refractivity contribution in [3.8, 4) is 0 Å². The number of rotatable bonds is 26. The number of unbranched alkanes of at least 4 members (excludes halogenated alkanes) is 10. The summed E-state index contributed by atoms with van der Waals surface area (Å²) in [7, 11) is 0. The quantitative estimate of drug-likeness (QED) is 0.101. The van der Waals surface area contributed by atoms with Crippen molar-refractivity contribution in [2.45, 2.75) is 135 Å². The third-order valence-corrected chi connectivity index (χ3v) is 6.23. The molecule has 0 aliphatic heterocycles. The van der Waals surface area contributed by atoms with Crippen molar-refractivity contribution in [2.24, 2.45) is 0 Å². The summed E-state index contributed by atoms with van der Waals surface area (Å²) < 4.78 is 10.3. The fourth-order valence-electron chi connectivity index (χ4n) is 3.78. The molecule has 0 fully saturated rings. The third kappa shape index (κ3) is 24.1. The first-order valence-electron chi connectivity index (χ1n) is 14.9. The van der Waals surface area contributed by atoms with Gasteiger partial charge in [0.15, 0.2) is 0 Å². The summed E-state index contributed by atoms with van der Waals surface area (Å²) in [6.45, 7) is 5.11. The summed E-state index contributed by atoms with van der Waals surface area (Å²) in [5, 5.41) is 14.1. The van der Waals surface area contributed by atoms with Gasteiger partial charge in [0.1, 0.15) is 6.04 Å². The Morgan fingerprint density at radius 3 is 1.77 bits per heavy atom. The molecule has 0 aromatic rings. The third-order valence-electron chi connectivity index (χ3n) is 6.23. The van der Waals surface area contributed by atoms with Gasteiger partial charge in [-0.1, -0.05) is 71.6 Å². The minimum Gasteiger partial charge on any atom is -0.481 e. The number of esters is 2. The summed E-state index contributed by atoms with van der Waals surface area (Å²) in [6, 6.07) is -0.958.